The largest absolute Gasteiger partial charge is 0.396 e. The predicted molar refractivity (Wildman–Crippen MR) is 66.0 cm³/mol. The molecule has 1 nitrogen and oxygen atoms in total. The Morgan fingerprint density at radius 1 is 1.19 bits per heavy atom. The van der Waals surface area contributed by atoms with Crippen molar-refractivity contribution in [2.24, 2.45) is 34.5 Å². The van der Waals surface area contributed by atoms with Crippen molar-refractivity contribution in [2.75, 3.05) is 6.61 Å². The molecule has 16 heavy (non-hydrogen) atoms. The van der Waals surface area contributed by atoms with Crippen molar-refractivity contribution in [1.29, 1.82) is 0 Å². The Bertz CT molecular complexity index is 300. The summed E-state index contributed by atoms with van der Waals surface area (Å²) in [6.45, 7) is 7.68. The smallest absolute Gasteiger partial charge is 0.0490 e. The van der Waals surface area contributed by atoms with Gasteiger partial charge in [0.2, 0.25) is 0 Å². The lowest BCUT2D eigenvalue weighted by Crippen LogP contribution is -2.35. The Hall–Kier alpha value is -0.0400. The van der Waals surface area contributed by atoms with Crippen LogP contribution >= 0.6 is 0 Å². The molecule has 3 aliphatic rings. The van der Waals surface area contributed by atoms with E-state index in [9.17, 15) is 5.11 Å². The maximum Gasteiger partial charge on any atom is 0.0490 e. The Balaban J connectivity index is 2.04. The normalized spacial score (nSPS) is 60.0. The van der Waals surface area contributed by atoms with Crippen LogP contribution in [0.4, 0.5) is 0 Å². The summed E-state index contributed by atoms with van der Waals surface area (Å²) in [6, 6.07) is 0. The van der Waals surface area contributed by atoms with Gasteiger partial charge in [-0.15, -0.1) is 0 Å². The topological polar surface area (TPSA) is 20.2 Å². The standard InChI is InChI=1S/C15H26O/c1-10-6-7-15-8-12(10)14(3,9-16)13(15)5-4-11(15)2/h10-13,16H,4-9H2,1-3H3/t10-,11-,12+,13-,14?,15+/m1/s1. The van der Waals surface area contributed by atoms with E-state index in [4.69, 9.17) is 0 Å². The van der Waals surface area contributed by atoms with Gasteiger partial charge in [0.1, 0.15) is 0 Å². The van der Waals surface area contributed by atoms with Gasteiger partial charge in [0.15, 0.2) is 0 Å². The Labute approximate surface area is 99.6 Å². The highest BCUT2D eigenvalue weighted by atomic mass is 16.3. The molecule has 3 fully saturated rings. The summed E-state index contributed by atoms with van der Waals surface area (Å²) in [4.78, 5) is 0. The molecule has 2 bridgehead atoms. The van der Waals surface area contributed by atoms with Gasteiger partial charge in [-0.05, 0) is 66.6 Å². The predicted octanol–water partition coefficient (Wildman–Crippen LogP) is 3.47. The molecule has 3 saturated carbocycles. The number of aliphatic hydroxyl groups excluding tert-OH is 1. The lowest BCUT2D eigenvalue weighted by Gasteiger charge is -2.39. The summed E-state index contributed by atoms with van der Waals surface area (Å²) in [5.41, 5.74) is 0.856. The molecule has 6 atom stereocenters. The van der Waals surface area contributed by atoms with Gasteiger partial charge in [0, 0.05) is 6.61 Å². The zero-order valence-electron chi connectivity index (χ0n) is 11.0. The molecular weight excluding hydrogens is 196 g/mol. The maximum absolute atomic E-state index is 9.92. The minimum Gasteiger partial charge on any atom is -0.396 e. The maximum atomic E-state index is 9.92. The first-order valence-electron chi connectivity index (χ1n) is 7.15. The molecule has 0 aliphatic heterocycles. The fourth-order valence-corrected chi connectivity index (χ4v) is 5.86. The van der Waals surface area contributed by atoms with E-state index in [0.717, 1.165) is 23.7 Å². The molecule has 0 heterocycles. The number of fused-ring (bicyclic) bond motifs is 1. The zero-order valence-corrected chi connectivity index (χ0v) is 11.0. The summed E-state index contributed by atoms with van der Waals surface area (Å²) >= 11 is 0. The van der Waals surface area contributed by atoms with Gasteiger partial charge < -0.3 is 5.11 Å². The third-order valence-electron chi connectivity index (χ3n) is 6.90. The van der Waals surface area contributed by atoms with Crippen molar-refractivity contribution in [1.82, 2.24) is 0 Å². The molecule has 1 spiro atoms. The molecule has 0 aromatic rings. The van der Waals surface area contributed by atoms with E-state index in [1.54, 1.807) is 0 Å². The Morgan fingerprint density at radius 3 is 2.62 bits per heavy atom. The minimum absolute atomic E-state index is 0.237. The van der Waals surface area contributed by atoms with E-state index in [1.807, 2.05) is 0 Å². The second kappa shape index (κ2) is 3.25. The highest BCUT2D eigenvalue weighted by Gasteiger charge is 2.65. The second-order valence-corrected chi connectivity index (χ2v) is 7.25. The first-order valence-corrected chi connectivity index (χ1v) is 7.15. The molecule has 1 heteroatoms. The number of hydrogen-bond acceptors (Lipinski definition) is 1. The average molecular weight is 222 g/mol. The van der Waals surface area contributed by atoms with Crippen molar-refractivity contribution < 1.29 is 5.11 Å². The lowest BCUT2D eigenvalue weighted by atomic mass is 9.66. The van der Waals surface area contributed by atoms with Gasteiger partial charge in [-0.1, -0.05) is 20.8 Å². The van der Waals surface area contributed by atoms with Crippen molar-refractivity contribution in [3.8, 4) is 0 Å². The lowest BCUT2D eigenvalue weighted by molar-refractivity contribution is 0.0374. The van der Waals surface area contributed by atoms with Crippen LogP contribution in [0.1, 0.15) is 52.9 Å². The quantitative estimate of drug-likeness (QED) is 0.720. The third kappa shape index (κ3) is 1.06. The molecule has 1 N–H and O–H groups in total. The molecule has 3 aliphatic carbocycles. The monoisotopic (exact) mass is 222 g/mol. The van der Waals surface area contributed by atoms with Crippen LogP contribution in [0.25, 0.3) is 0 Å². The van der Waals surface area contributed by atoms with Crippen LogP contribution < -0.4 is 0 Å². The van der Waals surface area contributed by atoms with Gasteiger partial charge in [0.25, 0.3) is 0 Å². The molecule has 0 saturated heterocycles. The van der Waals surface area contributed by atoms with Crippen LogP contribution in [-0.2, 0) is 0 Å². The van der Waals surface area contributed by atoms with Crippen molar-refractivity contribution >= 4 is 0 Å². The van der Waals surface area contributed by atoms with Crippen LogP contribution in [0.2, 0.25) is 0 Å². The van der Waals surface area contributed by atoms with E-state index in [2.05, 4.69) is 20.8 Å². The van der Waals surface area contributed by atoms with Crippen LogP contribution in [0.15, 0.2) is 0 Å². The molecule has 0 aromatic carbocycles. The Morgan fingerprint density at radius 2 is 1.94 bits per heavy atom. The van der Waals surface area contributed by atoms with Crippen molar-refractivity contribution in [2.45, 2.75) is 52.9 Å². The molecule has 1 unspecified atom stereocenters. The zero-order chi connectivity index (χ0) is 11.6. The van der Waals surface area contributed by atoms with Crippen molar-refractivity contribution in [3.63, 3.8) is 0 Å². The summed E-state index contributed by atoms with van der Waals surface area (Å²) in [5.74, 6) is 3.34. The molecule has 3 rings (SSSR count). The van der Waals surface area contributed by atoms with Crippen molar-refractivity contribution in [3.05, 3.63) is 0 Å². The fraction of sp³-hybridized carbons (Fsp3) is 1.00. The van der Waals surface area contributed by atoms with Crippen LogP contribution in [0.3, 0.4) is 0 Å². The summed E-state index contributed by atoms with van der Waals surface area (Å²) in [7, 11) is 0. The highest BCUT2D eigenvalue weighted by Crippen LogP contribution is 2.72. The average Bonchev–Trinajstić information content (AvgIpc) is 2.70. The van der Waals surface area contributed by atoms with E-state index < -0.39 is 0 Å². The van der Waals surface area contributed by atoms with Gasteiger partial charge in [-0.25, -0.2) is 0 Å². The Kier molecular flexibility index (Phi) is 2.25. The molecule has 0 radical (unpaired) electrons. The van der Waals surface area contributed by atoms with Gasteiger partial charge in [0.05, 0.1) is 0 Å². The SMILES string of the molecule is C[C@@H]1CC[C@@]23C[C@@H]1C(C)(CO)[C@H]2CC[C@H]3C. The summed E-state index contributed by atoms with van der Waals surface area (Å²) < 4.78 is 0. The van der Waals surface area contributed by atoms with Gasteiger partial charge in [-0.3, -0.25) is 0 Å². The minimum atomic E-state index is 0.237. The van der Waals surface area contributed by atoms with Crippen LogP contribution in [0, 0.1) is 34.5 Å². The van der Waals surface area contributed by atoms with Gasteiger partial charge in [-0.2, -0.15) is 0 Å². The van der Waals surface area contributed by atoms with Crippen LogP contribution in [-0.4, -0.2) is 11.7 Å². The molecule has 92 valence electrons. The fourth-order valence-electron chi connectivity index (χ4n) is 5.86. The van der Waals surface area contributed by atoms with E-state index in [1.165, 1.54) is 32.1 Å². The van der Waals surface area contributed by atoms with Gasteiger partial charge >= 0.3 is 0 Å². The van der Waals surface area contributed by atoms with E-state index in [-0.39, 0.29) is 5.41 Å². The molecule has 0 aromatic heterocycles. The first kappa shape index (κ1) is 11.1. The number of rotatable bonds is 1. The first-order chi connectivity index (χ1) is 7.54. The number of aliphatic hydroxyl groups is 1. The van der Waals surface area contributed by atoms with Crippen LogP contribution in [0.5, 0.6) is 0 Å². The third-order valence-corrected chi connectivity index (χ3v) is 6.90. The molecule has 0 amide bonds. The molecular formula is C15H26O. The highest BCUT2D eigenvalue weighted by molar-refractivity contribution is 5.14. The van der Waals surface area contributed by atoms with E-state index in [0.29, 0.717) is 12.0 Å². The van der Waals surface area contributed by atoms with E-state index >= 15 is 0 Å². The second-order valence-electron chi connectivity index (χ2n) is 7.25. The summed E-state index contributed by atoms with van der Waals surface area (Å²) in [5, 5.41) is 9.92. The summed E-state index contributed by atoms with van der Waals surface area (Å²) in [6.07, 6.45) is 7.03. The number of hydrogen-bond donors (Lipinski definition) is 1.